The van der Waals surface area contributed by atoms with Crippen molar-refractivity contribution < 1.29 is 14.3 Å². The molecule has 4 saturated heterocycles. The van der Waals surface area contributed by atoms with E-state index in [9.17, 15) is 9.59 Å². The molecule has 1 aromatic carbocycles. The summed E-state index contributed by atoms with van der Waals surface area (Å²) >= 11 is 1.59. The highest BCUT2D eigenvalue weighted by molar-refractivity contribution is 7.19. The van der Waals surface area contributed by atoms with Crippen molar-refractivity contribution in [2.24, 2.45) is 5.92 Å². The topological polar surface area (TPSA) is 53.1 Å². The van der Waals surface area contributed by atoms with Gasteiger partial charge in [0.2, 0.25) is 5.91 Å². The van der Waals surface area contributed by atoms with Gasteiger partial charge in [0.15, 0.2) is 0 Å². The van der Waals surface area contributed by atoms with Crippen molar-refractivity contribution in [1.29, 1.82) is 0 Å². The van der Waals surface area contributed by atoms with Crippen LogP contribution >= 0.6 is 11.3 Å². The first-order chi connectivity index (χ1) is 13.9. The summed E-state index contributed by atoms with van der Waals surface area (Å²) in [6.45, 7) is 5.30. The van der Waals surface area contributed by atoms with Gasteiger partial charge >= 0.3 is 6.09 Å². The summed E-state index contributed by atoms with van der Waals surface area (Å²) in [5, 5.41) is 0.920. The maximum Gasteiger partial charge on any atom is 0.415 e. The predicted molar refractivity (Wildman–Crippen MR) is 115 cm³/mol. The van der Waals surface area contributed by atoms with Crippen LogP contribution in [0.1, 0.15) is 19.8 Å². The first-order valence-electron chi connectivity index (χ1n) is 10.1. The Morgan fingerprint density at radius 3 is 2.69 bits per heavy atom. The molecule has 5 heterocycles. The standard InChI is InChI=1S/C22H25N3O3S/c1-15(26)23(2)18-5-3-4-16(12-18)19-6-7-20(29-19)25-14-22(28-21(25)27)13-24-10-8-17(22)9-11-24/h3-7,12,17H,8-11,13-14H2,1-2H3/t22-/m1/s1. The number of benzene rings is 1. The number of amides is 2. The number of anilines is 2. The average molecular weight is 412 g/mol. The average Bonchev–Trinajstić information content (AvgIpc) is 3.33. The number of carbonyl (C=O) groups excluding carboxylic acids is 2. The molecule has 7 heteroatoms. The Balaban J connectivity index is 1.39. The van der Waals surface area contributed by atoms with Gasteiger partial charge in [-0.25, -0.2) is 4.79 Å². The molecule has 4 fully saturated rings. The van der Waals surface area contributed by atoms with Crippen molar-refractivity contribution >= 4 is 34.0 Å². The van der Waals surface area contributed by atoms with Crippen molar-refractivity contribution in [3.63, 3.8) is 0 Å². The highest BCUT2D eigenvalue weighted by Gasteiger charge is 2.55. The molecule has 29 heavy (non-hydrogen) atoms. The van der Waals surface area contributed by atoms with Gasteiger partial charge in [-0.1, -0.05) is 12.1 Å². The van der Waals surface area contributed by atoms with Gasteiger partial charge in [0.25, 0.3) is 0 Å². The van der Waals surface area contributed by atoms with Crippen molar-refractivity contribution in [2.45, 2.75) is 25.4 Å². The van der Waals surface area contributed by atoms with E-state index in [0.717, 1.165) is 53.6 Å². The van der Waals surface area contributed by atoms with E-state index in [1.807, 2.05) is 41.3 Å². The Labute approximate surface area is 174 Å². The fraction of sp³-hybridized carbons (Fsp3) is 0.455. The number of piperidine rings is 3. The molecule has 1 aromatic heterocycles. The molecule has 6 nitrogen and oxygen atoms in total. The van der Waals surface area contributed by atoms with Gasteiger partial charge in [-0.05, 0) is 55.8 Å². The van der Waals surface area contributed by atoms with Crippen molar-refractivity contribution in [3.05, 3.63) is 36.4 Å². The number of fused-ring (bicyclic) bond motifs is 2. The molecule has 6 rings (SSSR count). The van der Waals surface area contributed by atoms with E-state index in [1.54, 1.807) is 30.2 Å². The zero-order chi connectivity index (χ0) is 20.2. The molecule has 2 aromatic rings. The summed E-state index contributed by atoms with van der Waals surface area (Å²) in [6.07, 6.45) is 2.01. The summed E-state index contributed by atoms with van der Waals surface area (Å²) in [5.41, 5.74) is 1.55. The number of thiophene rings is 1. The summed E-state index contributed by atoms with van der Waals surface area (Å²) in [6, 6.07) is 12.0. The zero-order valence-corrected chi connectivity index (χ0v) is 17.6. The van der Waals surface area contributed by atoms with Crippen LogP contribution in [0.5, 0.6) is 0 Å². The third-order valence-corrected chi connectivity index (χ3v) is 7.77. The van der Waals surface area contributed by atoms with E-state index in [4.69, 9.17) is 4.74 Å². The maximum absolute atomic E-state index is 12.7. The Morgan fingerprint density at radius 1 is 1.21 bits per heavy atom. The smallest absolute Gasteiger partial charge is 0.415 e. The Kier molecular flexibility index (Phi) is 4.40. The lowest BCUT2D eigenvalue weighted by Gasteiger charge is -2.49. The summed E-state index contributed by atoms with van der Waals surface area (Å²) in [7, 11) is 1.77. The van der Waals surface area contributed by atoms with Crippen LogP contribution in [0.4, 0.5) is 15.5 Å². The third-order valence-electron chi connectivity index (χ3n) is 6.61. The Bertz CT molecular complexity index is 966. The molecule has 2 amide bonds. The van der Waals surface area contributed by atoms with Gasteiger partial charge in [0, 0.05) is 37.0 Å². The molecule has 4 aliphatic rings. The van der Waals surface area contributed by atoms with Crippen molar-refractivity contribution in [2.75, 3.05) is 43.0 Å². The molecule has 0 aliphatic carbocycles. The molecular formula is C22H25N3O3S. The first kappa shape index (κ1) is 18.6. The molecule has 0 N–H and O–H groups in total. The molecule has 2 bridgehead atoms. The summed E-state index contributed by atoms with van der Waals surface area (Å²) in [4.78, 5) is 31.3. The van der Waals surface area contributed by atoms with Crippen molar-refractivity contribution in [1.82, 2.24) is 4.90 Å². The van der Waals surface area contributed by atoms with Crippen LogP contribution in [0.3, 0.4) is 0 Å². The Hall–Kier alpha value is -2.38. The normalized spacial score (nSPS) is 28.1. The monoisotopic (exact) mass is 411 g/mol. The van der Waals surface area contributed by atoms with Crippen LogP contribution in [0.15, 0.2) is 36.4 Å². The molecular weight excluding hydrogens is 386 g/mol. The van der Waals surface area contributed by atoms with Gasteiger partial charge in [-0.2, -0.15) is 0 Å². The lowest BCUT2D eigenvalue weighted by atomic mass is 9.75. The lowest BCUT2D eigenvalue weighted by Crippen LogP contribution is -2.61. The van der Waals surface area contributed by atoms with Crippen LogP contribution in [0.2, 0.25) is 0 Å². The fourth-order valence-corrected chi connectivity index (χ4v) is 5.85. The van der Waals surface area contributed by atoms with Crippen LogP contribution < -0.4 is 9.80 Å². The van der Waals surface area contributed by atoms with Gasteiger partial charge < -0.3 is 9.64 Å². The lowest BCUT2D eigenvalue weighted by molar-refractivity contribution is -0.116. The minimum atomic E-state index is -0.345. The highest BCUT2D eigenvalue weighted by atomic mass is 32.1. The van der Waals surface area contributed by atoms with Crippen LogP contribution in [0.25, 0.3) is 10.4 Å². The van der Waals surface area contributed by atoms with Gasteiger partial charge in [0.1, 0.15) is 10.6 Å². The maximum atomic E-state index is 12.7. The quantitative estimate of drug-likeness (QED) is 0.771. The van der Waals surface area contributed by atoms with Gasteiger partial charge in [-0.3, -0.25) is 14.6 Å². The van der Waals surface area contributed by atoms with Gasteiger partial charge in [-0.15, -0.1) is 11.3 Å². The van der Waals surface area contributed by atoms with Crippen LogP contribution in [0, 0.1) is 5.92 Å². The number of hydrogen-bond acceptors (Lipinski definition) is 5. The predicted octanol–water partition coefficient (Wildman–Crippen LogP) is 3.82. The molecule has 4 aliphatic heterocycles. The number of nitrogens with zero attached hydrogens (tertiary/aromatic N) is 3. The molecule has 0 radical (unpaired) electrons. The zero-order valence-electron chi connectivity index (χ0n) is 16.8. The molecule has 0 unspecified atom stereocenters. The minimum absolute atomic E-state index is 0.00310. The van der Waals surface area contributed by atoms with E-state index in [2.05, 4.69) is 4.90 Å². The molecule has 0 saturated carbocycles. The number of ether oxygens (including phenoxy) is 1. The van der Waals surface area contributed by atoms with Crippen LogP contribution in [-0.4, -0.2) is 55.7 Å². The molecule has 1 atom stereocenters. The van der Waals surface area contributed by atoms with Crippen molar-refractivity contribution in [3.8, 4) is 10.4 Å². The number of rotatable bonds is 3. The second kappa shape index (κ2) is 6.85. The fourth-order valence-electron chi connectivity index (χ4n) is 4.86. The number of hydrogen-bond donors (Lipinski definition) is 0. The first-order valence-corrected chi connectivity index (χ1v) is 10.9. The van der Waals surface area contributed by atoms with E-state index in [1.165, 1.54) is 0 Å². The Morgan fingerprint density at radius 2 is 2.00 bits per heavy atom. The molecule has 1 spiro atoms. The van der Waals surface area contributed by atoms with Crippen LogP contribution in [-0.2, 0) is 9.53 Å². The third kappa shape index (κ3) is 3.13. The summed E-state index contributed by atoms with van der Waals surface area (Å²) in [5.74, 6) is 0.469. The second-order valence-corrected chi connectivity index (χ2v) is 9.40. The minimum Gasteiger partial charge on any atom is -0.439 e. The largest absolute Gasteiger partial charge is 0.439 e. The van der Waals surface area contributed by atoms with E-state index < -0.39 is 0 Å². The SMILES string of the molecule is CC(=O)N(C)c1cccc(-c2ccc(N3C[C@@]4(CN5CCC4CC5)OC3=O)s2)c1. The highest BCUT2D eigenvalue weighted by Crippen LogP contribution is 2.45. The summed E-state index contributed by atoms with van der Waals surface area (Å²) < 4.78 is 5.99. The second-order valence-electron chi connectivity index (χ2n) is 8.34. The molecule has 152 valence electrons. The van der Waals surface area contributed by atoms with E-state index >= 15 is 0 Å². The van der Waals surface area contributed by atoms with E-state index in [-0.39, 0.29) is 17.6 Å². The van der Waals surface area contributed by atoms with E-state index in [0.29, 0.717) is 12.5 Å². The van der Waals surface area contributed by atoms with Gasteiger partial charge in [0.05, 0.1) is 6.54 Å². The number of carbonyl (C=O) groups is 2.